The molecule has 5 nitrogen and oxygen atoms in total. The molecule has 0 radical (unpaired) electrons. The average molecular weight is 360 g/mol. The van der Waals surface area contributed by atoms with Crippen molar-refractivity contribution >= 4 is 15.7 Å². The van der Waals surface area contributed by atoms with Crippen molar-refractivity contribution in [1.82, 2.24) is 4.98 Å². The Bertz CT molecular complexity index is 819. The average Bonchev–Trinajstić information content (AvgIpc) is 2.45. The second-order valence-electron chi connectivity index (χ2n) is 5.16. The lowest BCUT2D eigenvalue weighted by Crippen LogP contribution is -2.19. The molecule has 130 valence electrons. The molecule has 0 aliphatic carbocycles. The van der Waals surface area contributed by atoms with Gasteiger partial charge in [0.15, 0.2) is 6.61 Å². The molecular formula is C15H15F3N2O3S. The first kappa shape index (κ1) is 18.1. The fourth-order valence-electron chi connectivity index (χ4n) is 1.99. The van der Waals surface area contributed by atoms with Gasteiger partial charge in [-0.2, -0.15) is 13.2 Å². The van der Waals surface area contributed by atoms with Crippen LogP contribution in [0.15, 0.2) is 41.4 Å². The monoisotopic (exact) mass is 360 g/mol. The molecule has 0 unspecified atom stereocenters. The molecule has 1 heterocycles. The van der Waals surface area contributed by atoms with Gasteiger partial charge in [-0.3, -0.25) is 4.72 Å². The number of nitrogens with zero attached hydrogens (tertiary/aromatic N) is 1. The van der Waals surface area contributed by atoms with Gasteiger partial charge in [-0.05, 0) is 31.5 Å². The number of pyridine rings is 1. The minimum absolute atomic E-state index is 0.116. The molecule has 0 amide bonds. The number of hydrogen-bond acceptors (Lipinski definition) is 4. The molecule has 1 N–H and O–H groups in total. The fourth-order valence-corrected chi connectivity index (χ4v) is 3.26. The van der Waals surface area contributed by atoms with E-state index in [1.807, 2.05) is 6.92 Å². The van der Waals surface area contributed by atoms with Crippen LogP contribution in [-0.2, 0) is 10.0 Å². The number of aryl methyl sites for hydroxylation is 2. The van der Waals surface area contributed by atoms with Crippen LogP contribution in [0.25, 0.3) is 0 Å². The Morgan fingerprint density at radius 2 is 1.88 bits per heavy atom. The van der Waals surface area contributed by atoms with E-state index in [4.69, 9.17) is 0 Å². The van der Waals surface area contributed by atoms with Crippen LogP contribution < -0.4 is 9.46 Å². The van der Waals surface area contributed by atoms with Crippen molar-refractivity contribution in [3.63, 3.8) is 0 Å². The van der Waals surface area contributed by atoms with E-state index in [1.54, 1.807) is 19.1 Å². The maximum Gasteiger partial charge on any atom is 0.422 e. The number of aromatic nitrogens is 1. The highest BCUT2D eigenvalue weighted by molar-refractivity contribution is 7.92. The molecule has 0 bridgehead atoms. The molecule has 9 heteroatoms. The molecule has 24 heavy (non-hydrogen) atoms. The van der Waals surface area contributed by atoms with E-state index in [-0.39, 0.29) is 16.5 Å². The second kappa shape index (κ2) is 6.68. The number of halogens is 3. The highest BCUT2D eigenvalue weighted by atomic mass is 32.2. The Balaban J connectivity index is 2.12. The summed E-state index contributed by atoms with van der Waals surface area (Å²) in [6, 6.07) is 7.33. The Kier molecular flexibility index (Phi) is 5.02. The number of benzene rings is 1. The molecule has 0 saturated heterocycles. The van der Waals surface area contributed by atoms with Gasteiger partial charge in [0.2, 0.25) is 5.88 Å². The largest absolute Gasteiger partial charge is 0.468 e. The number of anilines is 1. The van der Waals surface area contributed by atoms with E-state index in [1.165, 1.54) is 12.1 Å². The van der Waals surface area contributed by atoms with Gasteiger partial charge in [-0.15, -0.1) is 0 Å². The number of hydrogen-bond donors (Lipinski definition) is 1. The van der Waals surface area contributed by atoms with Crippen molar-refractivity contribution < 1.29 is 26.3 Å². The van der Waals surface area contributed by atoms with E-state index in [0.29, 0.717) is 5.56 Å². The number of rotatable bonds is 5. The standard InChI is InChI=1S/C15H15F3N2O3S/c1-10-3-5-13(11(2)7-10)24(21,22)20-12-4-6-14(19-8-12)23-9-15(16,17)18/h3-8,20H,9H2,1-2H3. The molecule has 0 aliphatic rings. The number of sulfonamides is 1. The summed E-state index contributed by atoms with van der Waals surface area (Å²) in [5.74, 6) is -0.248. The van der Waals surface area contributed by atoms with Crippen LogP contribution >= 0.6 is 0 Å². The predicted octanol–water partition coefficient (Wildman–Crippen LogP) is 3.44. The first-order chi connectivity index (χ1) is 11.1. The SMILES string of the molecule is Cc1ccc(S(=O)(=O)Nc2ccc(OCC(F)(F)F)nc2)c(C)c1. The van der Waals surface area contributed by atoms with Gasteiger partial charge in [0.05, 0.1) is 16.8 Å². The minimum Gasteiger partial charge on any atom is -0.468 e. The van der Waals surface area contributed by atoms with Crippen molar-refractivity contribution in [1.29, 1.82) is 0 Å². The smallest absolute Gasteiger partial charge is 0.422 e. The molecule has 0 atom stereocenters. The lowest BCUT2D eigenvalue weighted by molar-refractivity contribution is -0.154. The summed E-state index contributed by atoms with van der Waals surface area (Å²) in [6.07, 6.45) is -3.38. The summed E-state index contributed by atoms with van der Waals surface area (Å²) in [5.41, 5.74) is 1.63. The van der Waals surface area contributed by atoms with E-state index in [0.717, 1.165) is 17.8 Å². The van der Waals surface area contributed by atoms with Crippen molar-refractivity contribution in [2.45, 2.75) is 24.9 Å². The third kappa shape index (κ3) is 4.85. The summed E-state index contributed by atoms with van der Waals surface area (Å²) < 4.78 is 67.7. The van der Waals surface area contributed by atoms with Gasteiger partial charge < -0.3 is 4.74 Å². The van der Waals surface area contributed by atoms with Gasteiger partial charge in [-0.1, -0.05) is 17.7 Å². The molecule has 2 aromatic rings. The molecular weight excluding hydrogens is 345 g/mol. The van der Waals surface area contributed by atoms with Gasteiger partial charge in [0, 0.05) is 6.07 Å². The summed E-state index contributed by atoms with van der Waals surface area (Å²) in [4.78, 5) is 3.76. The summed E-state index contributed by atoms with van der Waals surface area (Å²) in [6.45, 7) is 2.06. The molecule has 0 fully saturated rings. The third-order valence-electron chi connectivity index (χ3n) is 2.99. The van der Waals surface area contributed by atoms with Gasteiger partial charge in [0.1, 0.15) is 0 Å². The molecule has 2 rings (SSSR count). The van der Waals surface area contributed by atoms with Crippen molar-refractivity contribution in [2.24, 2.45) is 0 Å². The van der Waals surface area contributed by atoms with E-state index in [2.05, 4.69) is 14.4 Å². The van der Waals surface area contributed by atoms with E-state index < -0.39 is 22.8 Å². The van der Waals surface area contributed by atoms with Crippen molar-refractivity contribution in [2.75, 3.05) is 11.3 Å². The molecule has 1 aromatic carbocycles. The van der Waals surface area contributed by atoms with Crippen LogP contribution in [-0.4, -0.2) is 26.2 Å². The summed E-state index contributed by atoms with van der Waals surface area (Å²) >= 11 is 0. The van der Waals surface area contributed by atoms with Crippen LogP contribution in [0.4, 0.5) is 18.9 Å². The Morgan fingerprint density at radius 1 is 1.17 bits per heavy atom. The first-order valence-electron chi connectivity index (χ1n) is 6.82. The van der Waals surface area contributed by atoms with Crippen LogP contribution in [0.5, 0.6) is 5.88 Å². The van der Waals surface area contributed by atoms with Crippen LogP contribution in [0, 0.1) is 13.8 Å². The number of ether oxygens (including phenoxy) is 1. The second-order valence-corrected chi connectivity index (χ2v) is 6.81. The van der Waals surface area contributed by atoms with Gasteiger partial charge >= 0.3 is 6.18 Å². The quantitative estimate of drug-likeness (QED) is 0.887. The van der Waals surface area contributed by atoms with Crippen LogP contribution in [0.2, 0.25) is 0 Å². The zero-order valence-electron chi connectivity index (χ0n) is 12.9. The number of alkyl halides is 3. The van der Waals surface area contributed by atoms with E-state index in [9.17, 15) is 21.6 Å². The maximum atomic E-state index is 12.4. The van der Waals surface area contributed by atoms with E-state index >= 15 is 0 Å². The molecule has 0 aliphatic heterocycles. The Hall–Kier alpha value is -2.29. The predicted molar refractivity (Wildman–Crippen MR) is 82.5 cm³/mol. The Morgan fingerprint density at radius 3 is 2.42 bits per heavy atom. The highest BCUT2D eigenvalue weighted by Gasteiger charge is 2.28. The lowest BCUT2D eigenvalue weighted by atomic mass is 10.2. The number of nitrogens with one attached hydrogen (secondary N) is 1. The fraction of sp³-hybridized carbons (Fsp3) is 0.267. The summed E-state index contributed by atoms with van der Waals surface area (Å²) in [5, 5.41) is 0. The van der Waals surface area contributed by atoms with Crippen molar-refractivity contribution in [3.8, 4) is 5.88 Å². The highest BCUT2D eigenvalue weighted by Crippen LogP contribution is 2.22. The van der Waals surface area contributed by atoms with Crippen molar-refractivity contribution in [3.05, 3.63) is 47.7 Å². The summed E-state index contributed by atoms with van der Waals surface area (Å²) in [7, 11) is -3.82. The molecule has 0 saturated carbocycles. The third-order valence-corrected chi connectivity index (χ3v) is 4.53. The van der Waals surface area contributed by atoms with Gasteiger partial charge in [0.25, 0.3) is 10.0 Å². The van der Waals surface area contributed by atoms with Crippen LogP contribution in [0.3, 0.4) is 0 Å². The maximum absolute atomic E-state index is 12.4. The minimum atomic E-state index is -4.47. The normalized spacial score (nSPS) is 12.0. The lowest BCUT2D eigenvalue weighted by Gasteiger charge is -2.12. The first-order valence-corrected chi connectivity index (χ1v) is 8.31. The Labute approximate surface area is 137 Å². The molecule has 1 aromatic heterocycles. The zero-order chi connectivity index (χ0) is 18.0. The topological polar surface area (TPSA) is 68.3 Å². The molecule has 0 spiro atoms. The van der Waals surface area contributed by atoms with Crippen LogP contribution in [0.1, 0.15) is 11.1 Å². The van der Waals surface area contributed by atoms with Gasteiger partial charge in [-0.25, -0.2) is 13.4 Å². The zero-order valence-corrected chi connectivity index (χ0v) is 13.7.